The summed E-state index contributed by atoms with van der Waals surface area (Å²) in [5.41, 5.74) is 1.31. The van der Waals surface area contributed by atoms with Crippen LogP contribution in [-0.4, -0.2) is 35.6 Å². The summed E-state index contributed by atoms with van der Waals surface area (Å²) in [7, 11) is 0. The van der Waals surface area contributed by atoms with E-state index in [4.69, 9.17) is 0 Å². The predicted molar refractivity (Wildman–Crippen MR) is 66.2 cm³/mol. The van der Waals surface area contributed by atoms with E-state index in [2.05, 4.69) is 34.3 Å². The van der Waals surface area contributed by atoms with Crippen molar-refractivity contribution in [3.63, 3.8) is 0 Å². The predicted octanol–water partition coefficient (Wildman–Crippen LogP) is 1.66. The molecule has 1 atom stereocenters. The van der Waals surface area contributed by atoms with Gasteiger partial charge in [0.25, 0.3) is 0 Å². The molecule has 1 aliphatic rings. The van der Waals surface area contributed by atoms with Crippen molar-refractivity contribution in [3.8, 4) is 0 Å². The van der Waals surface area contributed by atoms with E-state index in [1.54, 1.807) is 0 Å². The molecular formula is C13H21N3. The molecule has 0 spiro atoms. The highest BCUT2D eigenvalue weighted by atomic mass is 15.2. The highest BCUT2D eigenvalue weighted by Gasteiger charge is 2.18. The molecule has 0 aromatic carbocycles. The van der Waals surface area contributed by atoms with Gasteiger partial charge in [0.05, 0.1) is 0 Å². The van der Waals surface area contributed by atoms with Crippen molar-refractivity contribution in [1.29, 1.82) is 0 Å². The molecule has 0 aliphatic carbocycles. The minimum absolute atomic E-state index is 0.780. The van der Waals surface area contributed by atoms with Crippen LogP contribution in [-0.2, 0) is 6.54 Å². The topological polar surface area (TPSA) is 28.2 Å². The maximum atomic E-state index is 4.01. The third-order valence-electron chi connectivity index (χ3n) is 3.34. The summed E-state index contributed by atoms with van der Waals surface area (Å²) in [4.78, 5) is 6.58. The van der Waals surface area contributed by atoms with Gasteiger partial charge in [0.1, 0.15) is 0 Å². The number of nitrogens with one attached hydrogen (secondary N) is 1. The molecule has 0 radical (unpaired) electrons. The second kappa shape index (κ2) is 5.97. The molecule has 1 unspecified atom stereocenters. The fraction of sp³-hybridized carbons (Fsp3) is 0.615. The zero-order valence-electron chi connectivity index (χ0n) is 10.0. The van der Waals surface area contributed by atoms with E-state index < -0.39 is 0 Å². The van der Waals surface area contributed by atoms with Gasteiger partial charge < -0.3 is 5.32 Å². The normalized spacial score (nSPS) is 21.4. The first-order valence-electron chi connectivity index (χ1n) is 6.20. The van der Waals surface area contributed by atoms with Gasteiger partial charge in [-0.15, -0.1) is 0 Å². The van der Waals surface area contributed by atoms with Gasteiger partial charge in [-0.3, -0.25) is 9.88 Å². The van der Waals surface area contributed by atoms with Crippen molar-refractivity contribution in [2.24, 2.45) is 0 Å². The second-order valence-electron chi connectivity index (χ2n) is 4.56. The van der Waals surface area contributed by atoms with Crippen LogP contribution in [0.1, 0.15) is 25.3 Å². The quantitative estimate of drug-likeness (QED) is 0.763. The van der Waals surface area contributed by atoms with Crippen LogP contribution >= 0.6 is 0 Å². The molecule has 3 nitrogen and oxygen atoms in total. The van der Waals surface area contributed by atoms with Crippen LogP contribution in [0.25, 0.3) is 0 Å². The molecule has 1 aromatic rings. The van der Waals surface area contributed by atoms with Crippen LogP contribution in [0, 0.1) is 0 Å². The third-order valence-corrected chi connectivity index (χ3v) is 3.34. The summed E-state index contributed by atoms with van der Waals surface area (Å²) in [5, 5.41) is 3.48. The Balaban J connectivity index is 1.62. The van der Waals surface area contributed by atoms with Gasteiger partial charge in [-0.2, -0.15) is 0 Å². The summed E-state index contributed by atoms with van der Waals surface area (Å²) in [6.07, 6.45) is 6.43. The van der Waals surface area contributed by atoms with Gasteiger partial charge >= 0.3 is 0 Å². The Kier molecular flexibility index (Phi) is 4.31. The van der Waals surface area contributed by atoms with E-state index in [1.807, 2.05) is 12.4 Å². The summed E-state index contributed by atoms with van der Waals surface area (Å²) < 4.78 is 0. The van der Waals surface area contributed by atoms with Gasteiger partial charge in [-0.25, -0.2) is 0 Å². The van der Waals surface area contributed by atoms with Crippen LogP contribution in [0.5, 0.6) is 0 Å². The molecule has 0 bridgehead atoms. The lowest BCUT2D eigenvalue weighted by atomic mass is 10.2. The van der Waals surface area contributed by atoms with E-state index in [1.165, 1.54) is 31.5 Å². The molecule has 0 amide bonds. The molecule has 2 heterocycles. The average molecular weight is 219 g/mol. The van der Waals surface area contributed by atoms with Crippen LogP contribution in [0.2, 0.25) is 0 Å². The lowest BCUT2D eigenvalue weighted by Crippen LogP contribution is -2.34. The number of likely N-dealkylation sites (tertiary alicyclic amines) is 1. The smallest absolute Gasteiger partial charge is 0.0271 e. The first-order valence-corrected chi connectivity index (χ1v) is 6.20. The number of aromatic nitrogens is 1. The van der Waals surface area contributed by atoms with Crippen molar-refractivity contribution in [2.45, 2.75) is 32.4 Å². The molecule has 2 rings (SSSR count). The Morgan fingerprint density at radius 1 is 1.44 bits per heavy atom. The highest BCUT2D eigenvalue weighted by Crippen LogP contribution is 2.14. The molecule has 1 fully saturated rings. The van der Waals surface area contributed by atoms with Crippen LogP contribution in [0.3, 0.4) is 0 Å². The van der Waals surface area contributed by atoms with Crippen LogP contribution < -0.4 is 5.32 Å². The lowest BCUT2D eigenvalue weighted by Gasteiger charge is -2.20. The fourth-order valence-corrected chi connectivity index (χ4v) is 2.28. The van der Waals surface area contributed by atoms with E-state index in [-0.39, 0.29) is 0 Å². The van der Waals surface area contributed by atoms with Gasteiger partial charge in [0.2, 0.25) is 0 Å². The molecular weight excluding hydrogens is 198 g/mol. The highest BCUT2D eigenvalue weighted by molar-refractivity contribution is 5.08. The summed E-state index contributed by atoms with van der Waals surface area (Å²) in [6, 6.07) is 4.90. The first kappa shape index (κ1) is 11.6. The monoisotopic (exact) mass is 219 g/mol. The van der Waals surface area contributed by atoms with Crippen LogP contribution in [0.4, 0.5) is 0 Å². The Morgan fingerprint density at radius 2 is 2.25 bits per heavy atom. The molecule has 16 heavy (non-hydrogen) atoms. The van der Waals surface area contributed by atoms with Crippen molar-refractivity contribution >= 4 is 0 Å². The van der Waals surface area contributed by atoms with E-state index >= 15 is 0 Å². The van der Waals surface area contributed by atoms with E-state index in [0.717, 1.165) is 19.1 Å². The standard InChI is InChI=1S/C13H21N3/c1-12-3-2-9-16(12)10-8-15-11-13-4-6-14-7-5-13/h4-7,12,15H,2-3,8-11H2,1H3. The Hall–Kier alpha value is -0.930. The maximum Gasteiger partial charge on any atom is 0.0271 e. The van der Waals surface area contributed by atoms with Crippen LogP contribution in [0.15, 0.2) is 24.5 Å². The number of rotatable bonds is 5. The molecule has 1 saturated heterocycles. The maximum absolute atomic E-state index is 4.01. The molecule has 1 aromatic heterocycles. The van der Waals surface area contributed by atoms with Crippen molar-refractivity contribution in [2.75, 3.05) is 19.6 Å². The van der Waals surface area contributed by atoms with E-state index in [9.17, 15) is 0 Å². The minimum Gasteiger partial charge on any atom is -0.311 e. The van der Waals surface area contributed by atoms with Crippen molar-refractivity contribution in [1.82, 2.24) is 15.2 Å². The number of hydrogen-bond donors (Lipinski definition) is 1. The number of hydrogen-bond acceptors (Lipinski definition) is 3. The van der Waals surface area contributed by atoms with Crippen molar-refractivity contribution < 1.29 is 0 Å². The van der Waals surface area contributed by atoms with Gasteiger partial charge in [0, 0.05) is 38.1 Å². The summed E-state index contributed by atoms with van der Waals surface area (Å²) >= 11 is 0. The summed E-state index contributed by atoms with van der Waals surface area (Å²) in [5.74, 6) is 0. The molecule has 0 saturated carbocycles. The van der Waals surface area contributed by atoms with Gasteiger partial charge in [-0.05, 0) is 44.0 Å². The van der Waals surface area contributed by atoms with Crippen molar-refractivity contribution in [3.05, 3.63) is 30.1 Å². The lowest BCUT2D eigenvalue weighted by molar-refractivity contribution is 0.268. The average Bonchev–Trinajstić information content (AvgIpc) is 2.72. The third kappa shape index (κ3) is 3.29. The molecule has 3 heteroatoms. The second-order valence-corrected chi connectivity index (χ2v) is 4.56. The molecule has 1 aliphatic heterocycles. The number of pyridine rings is 1. The Labute approximate surface area is 97.9 Å². The van der Waals surface area contributed by atoms with Gasteiger partial charge in [0.15, 0.2) is 0 Å². The minimum atomic E-state index is 0.780. The van der Waals surface area contributed by atoms with E-state index in [0.29, 0.717) is 0 Å². The zero-order valence-corrected chi connectivity index (χ0v) is 10.0. The SMILES string of the molecule is CC1CCCN1CCNCc1ccncc1. The largest absolute Gasteiger partial charge is 0.311 e. The Morgan fingerprint density at radius 3 is 2.94 bits per heavy atom. The zero-order chi connectivity index (χ0) is 11.2. The fourth-order valence-electron chi connectivity index (χ4n) is 2.28. The molecule has 1 N–H and O–H groups in total. The molecule has 88 valence electrons. The first-order chi connectivity index (χ1) is 7.86. The number of nitrogens with zero attached hydrogens (tertiary/aromatic N) is 2. The summed E-state index contributed by atoms with van der Waals surface area (Å²) in [6.45, 7) is 6.80. The Bertz CT molecular complexity index is 299. The van der Waals surface area contributed by atoms with Gasteiger partial charge in [-0.1, -0.05) is 0 Å².